The summed E-state index contributed by atoms with van der Waals surface area (Å²) in [6.07, 6.45) is 2.70. The van der Waals surface area contributed by atoms with Crippen LogP contribution in [0.15, 0.2) is 0 Å². The number of nitrogens with one attached hydrogen (secondary N) is 1. The molecule has 1 unspecified atom stereocenters. The van der Waals surface area contributed by atoms with Gasteiger partial charge in [0.1, 0.15) is 5.69 Å². The van der Waals surface area contributed by atoms with Gasteiger partial charge in [-0.15, -0.1) is 0 Å². The van der Waals surface area contributed by atoms with E-state index >= 15 is 0 Å². The van der Waals surface area contributed by atoms with Crippen LogP contribution >= 0.6 is 0 Å². The van der Waals surface area contributed by atoms with Crippen LogP contribution in [0.25, 0.3) is 0 Å². The molecule has 0 saturated carbocycles. The standard InChI is InChI=1S/C18H26N2O4/c1-5-7-13-14(12(3)21)11(2)19-15(13)16(22)20-9-6-8-18(4,10-20)17(23)24/h19H,5-10H2,1-4H3,(H,23,24). The Labute approximate surface area is 142 Å². The summed E-state index contributed by atoms with van der Waals surface area (Å²) >= 11 is 0. The average Bonchev–Trinajstić information content (AvgIpc) is 2.83. The Bertz CT molecular complexity index is 677. The molecule has 0 aliphatic carbocycles. The zero-order valence-corrected chi connectivity index (χ0v) is 14.9. The zero-order chi connectivity index (χ0) is 18.1. The van der Waals surface area contributed by atoms with Gasteiger partial charge in [0.15, 0.2) is 5.78 Å². The summed E-state index contributed by atoms with van der Waals surface area (Å²) < 4.78 is 0. The summed E-state index contributed by atoms with van der Waals surface area (Å²) in [5, 5.41) is 9.44. The number of ketones is 1. The third-order valence-electron chi connectivity index (χ3n) is 4.86. The predicted molar refractivity (Wildman–Crippen MR) is 90.4 cm³/mol. The second-order valence-electron chi connectivity index (χ2n) is 6.98. The molecule has 0 radical (unpaired) electrons. The number of carboxylic acid groups (broad SMARTS) is 1. The molecule has 2 rings (SSSR count). The minimum Gasteiger partial charge on any atom is -0.481 e. The molecule has 24 heavy (non-hydrogen) atoms. The summed E-state index contributed by atoms with van der Waals surface area (Å²) in [6.45, 7) is 7.72. The first-order valence-corrected chi connectivity index (χ1v) is 8.46. The number of aromatic nitrogens is 1. The number of aromatic amines is 1. The number of hydrogen-bond acceptors (Lipinski definition) is 3. The molecule has 0 bridgehead atoms. The van der Waals surface area contributed by atoms with Crippen LogP contribution in [-0.4, -0.2) is 45.7 Å². The highest BCUT2D eigenvalue weighted by molar-refractivity contribution is 6.02. The van der Waals surface area contributed by atoms with Crippen molar-refractivity contribution < 1.29 is 19.5 Å². The maximum absolute atomic E-state index is 13.0. The number of hydrogen-bond donors (Lipinski definition) is 2. The summed E-state index contributed by atoms with van der Waals surface area (Å²) in [5.41, 5.74) is 1.58. The first-order valence-electron chi connectivity index (χ1n) is 8.46. The number of piperidine rings is 1. The zero-order valence-electron chi connectivity index (χ0n) is 14.9. The van der Waals surface area contributed by atoms with Crippen molar-refractivity contribution in [3.63, 3.8) is 0 Å². The number of Topliss-reactive ketones (excluding diaryl/α,β-unsaturated/α-hetero) is 1. The number of H-pyrrole nitrogens is 1. The summed E-state index contributed by atoms with van der Waals surface area (Å²) in [6, 6.07) is 0. The number of carboxylic acids is 1. The van der Waals surface area contributed by atoms with Crippen molar-refractivity contribution >= 4 is 17.7 Å². The molecule has 6 heteroatoms. The lowest BCUT2D eigenvalue weighted by molar-refractivity contribution is -0.150. The minimum atomic E-state index is -0.913. The van der Waals surface area contributed by atoms with Gasteiger partial charge in [-0.2, -0.15) is 0 Å². The van der Waals surface area contributed by atoms with Gasteiger partial charge in [0.2, 0.25) is 0 Å². The van der Waals surface area contributed by atoms with E-state index in [1.807, 2.05) is 6.92 Å². The van der Waals surface area contributed by atoms with Gasteiger partial charge in [-0.05, 0) is 45.6 Å². The third-order valence-corrected chi connectivity index (χ3v) is 4.86. The highest BCUT2D eigenvalue weighted by atomic mass is 16.4. The fraction of sp³-hybridized carbons (Fsp3) is 0.611. The highest BCUT2D eigenvalue weighted by Crippen LogP contribution is 2.31. The predicted octanol–water partition coefficient (Wildman–Crippen LogP) is 2.81. The molecule has 2 N–H and O–H groups in total. The van der Waals surface area contributed by atoms with Crippen LogP contribution in [0.1, 0.15) is 72.1 Å². The Morgan fingerprint density at radius 1 is 1.33 bits per heavy atom. The van der Waals surface area contributed by atoms with Crippen molar-refractivity contribution in [1.82, 2.24) is 9.88 Å². The molecule has 1 aliphatic rings. The maximum Gasteiger partial charge on any atom is 0.311 e. The van der Waals surface area contributed by atoms with E-state index in [2.05, 4.69) is 4.98 Å². The van der Waals surface area contributed by atoms with Crippen LogP contribution in [-0.2, 0) is 11.2 Å². The van der Waals surface area contributed by atoms with Gasteiger partial charge >= 0.3 is 5.97 Å². The molecule has 0 aromatic carbocycles. The van der Waals surface area contributed by atoms with E-state index in [4.69, 9.17) is 0 Å². The van der Waals surface area contributed by atoms with E-state index < -0.39 is 11.4 Å². The van der Waals surface area contributed by atoms with Crippen molar-refractivity contribution in [3.05, 3.63) is 22.5 Å². The molecule has 1 aliphatic heterocycles. The van der Waals surface area contributed by atoms with E-state index in [0.29, 0.717) is 42.8 Å². The van der Waals surface area contributed by atoms with Gasteiger partial charge in [0.25, 0.3) is 5.91 Å². The molecule has 1 aromatic heterocycles. The van der Waals surface area contributed by atoms with Crippen molar-refractivity contribution in [2.45, 2.75) is 53.4 Å². The fourth-order valence-corrected chi connectivity index (χ4v) is 3.58. The Hall–Kier alpha value is -2.11. The molecule has 6 nitrogen and oxygen atoms in total. The van der Waals surface area contributed by atoms with Crippen LogP contribution in [0.5, 0.6) is 0 Å². The smallest absolute Gasteiger partial charge is 0.311 e. The lowest BCUT2D eigenvalue weighted by Gasteiger charge is -2.37. The van der Waals surface area contributed by atoms with Crippen molar-refractivity contribution in [2.75, 3.05) is 13.1 Å². The second-order valence-corrected chi connectivity index (χ2v) is 6.98. The Balaban J connectivity index is 2.37. The van der Waals surface area contributed by atoms with Crippen molar-refractivity contribution in [1.29, 1.82) is 0 Å². The van der Waals surface area contributed by atoms with Gasteiger partial charge in [0.05, 0.1) is 5.41 Å². The number of amides is 1. The largest absolute Gasteiger partial charge is 0.481 e. The average molecular weight is 334 g/mol. The number of carbonyl (C=O) groups excluding carboxylic acids is 2. The molecular weight excluding hydrogens is 308 g/mol. The van der Waals surface area contributed by atoms with Gasteiger partial charge in [-0.25, -0.2) is 0 Å². The van der Waals surface area contributed by atoms with E-state index in [0.717, 1.165) is 12.0 Å². The van der Waals surface area contributed by atoms with E-state index in [1.54, 1.807) is 18.7 Å². The Kier molecular flexibility index (Phi) is 5.16. The van der Waals surface area contributed by atoms with E-state index in [9.17, 15) is 19.5 Å². The first kappa shape index (κ1) is 18.2. The van der Waals surface area contributed by atoms with Crippen molar-refractivity contribution in [2.24, 2.45) is 5.41 Å². The van der Waals surface area contributed by atoms with E-state index in [1.165, 1.54) is 6.92 Å². The van der Waals surface area contributed by atoms with E-state index in [-0.39, 0.29) is 18.2 Å². The fourth-order valence-electron chi connectivity index (χ4n) is 3.58. The lowest BCUT2D eigenvalue weighted by atomic mass is 9.82. The van der Waals surface area contributed by atoms with Crippen LogP contribution in [0, 0.1) is 12.3 Å². The molecule has 0 spiro atoms. The maximum atomic E-state index is 13.0. The van der Waals surface area contributed by atoms with Crippen LogP contribution in [0.2, 0.25) is 0 Å². The normalized spacial score (nSPS) is 20.9. The number of carbonyl (C=O) groups is 3. The van der Waals surface area contributed by atoms with Gasteiger partial charge in [-0.1, -0.05) is 13.3 Å². The SMILES string of the molecule is CCCc1c(C(=O)N2CCCC(C)(C(=O)O)C2)[nH]c(C)c1C(C)=O. The molecule has 1 amide bonds. The third kappa shape index (κ3) is 3.23. The van der Waals surface area contributed by atoms with Crippen LogP contribution in [0.4, 0.5) is 0 Å². The molecule has 132 valence electrons. The van der Waals surface area contributed by atoms with Gasteiger partial charge < -0.3 is 15.0 Å². The number of nitrogens with zero attached hydrogens (tertiary/aromatic N) is 1. The first-order chi connectivity index (χ1) is 11.2. The molecule has 1 atom stereocenters. The number of aliphatic carboxylic acids is 1. The highest BCUT2D eigenvalue weighted by Gasteiger charge is 2.40. The Morgan fingerprint density at radius 3 is 2.54 bits per heavy atom. The molecular formula is C18H26N2O4. The van der Waals surface area contributed by atoms with Crippen molar-refractivity contribution in [3.8, 4) is 0 Å². The number of aryl methyl sites for hydroxylation is 1. The topological polar surface area (TPSA) is 90.5 Å². The van der Waals surface area contributed by atoms with Gasteiger partial charge in [-0.3, -0.25) is 14.4 Å². The summed E-state index contributed by atoms with van der Waals surface area (Å²) in [4.78, 5) is 41.1. The molecule has 1 fully saturated rings. The molecule has 2 heterocycles. The second kappa shape index (κ2) is 6.79. The number of rotatable bonds is 5. The lowest BCUT2D eigenvalue weighted by Crippen LogP contribution is -2.48. The monoisotopic (exact) mass is 334 g/mol. The molecule has 1 aromatic rings. The minimum absolute atomic E-state index is 0.0553. The van der Waals surface area contributed by atoms with Crippen LogP contribution in [0.3, 0.4) is 0 Å². The summed E-state index contributed by atoms with van der Waals surface area (Å²) in [5.74, 6) is -1.14. The van der Waals surface area contributed by atoms with Crippen LogP contribution < -0.4 is 0 Å². The quantitative estimate of drug-likeness (QED) is 0.810. The number of likely N-dealkylation sites (tertiary alicyclic amines) is 1. The molecule has 1 saturated heterocycles. The summed E-state index contributed by atoms with van der Waals surface area (Å²) in [7, 11) is 0. The van der Waals surface area contributed by atoms with Gasteiger partial charge in [0, 0.05) is 24.3 Å². The Morgan fingerprint density at radius 2 is 2.00 bits per heavy atom.